The number of hydrogen-bond donors (Lipinski definition) is 5. The van der Waals surface area contributed by atoms with Crippen LogP contribution in [0.1, 0.15) is 5.82 Å². The van der Waals surface area contributed by atoms with Gasteiger partial charge in [0, 0.05) is 0 Å². The molecule has 2 rings (SSSR count). The van der Waals surface area contributed by atoms with Gasteiger partial charge in [0.25, 0.3) is 0 Å². The molecule has 13 nitrogen and oxygen atoms in total. The monoisotopic (exact) mass is 363 g/mol. The smallest absolute Gasteiger partial charge is 0.343 e. The molecule has 1 aliphatic rings. The highest BCUT2D eigenvalue weighted by atomic mass is 16.7. The fourth-order valence-corrected chi connectivity index (χ4v) is 2.37. The predicted octanol–water partition coefficient (Wildman–Crippen LogP) is -2.81. The number of carboxylic acids is 1. The van der Waals surface area contributed by atoms with Gasteiger partial charge in [0.15, 0.2) is 12.4 Å². The van der Waals surface area contributed by atoms with Crippen LogP contribution in [0.15, 0.2) is 6.20 Å². The molecular weight excluding hydrogens is 346 g/mol. The average Bonchev–Trinajstić information content (AvgIpc) is 2.97. The molecule has 5 N–H and O–H groups in total. The number of rotatable bonds is 7. The van der Waals surface area contributed by atoms with E-state index in [2.05, 4.69) is 4.98 Å². The average molecular weight is 363 g/mol. The van der Waals surface area contributed by atoms with E-state index < -0.39 is 54.0 Å². The Balaban J connectivity index is 2.03. The lowest BCUT2D eigenvalue weighted by Gasteiger charge is -2.38. The molecule has 0 aliphatic carbocycles. The number of carboxylic acid groups (broad SMARTS) is 1. The molecular formula is C12H17N3O10. The number of aromatic nitrogens is 2. The van der Waals surface area contributed by atoms with Gasteiger partial charge in [0.05, 0.1) is 6.61 Å². The summed E-state index contributed by atoms with van der Waals surface area (Å²) in [6.07, 6.45) is -7.80. The minimum Gasteiger partial charge on any atom is -0.479 e. The minimum absolute atomic E-state index is 0.0132. The van der Waals surface area contributed by atoms with Crippen LogP contribution in [0.25, 0.3) is 0 Å². The third kappa shape index (κ3) is 3.92. The Bertz CT molecular complexity index is 635. The SMILES string of the molecule is O=C(O)C1OC(OCCn2c([N+](=O)[O-])cnc2CO)C(O)C(O)C1O. The summed E-state index contributed by atoms with van der Waals surface area (Å²) in [6, 6.07) is 0. The molecule has 5 atom stereocenters. The van der Waals surface area contributed by atoms with Crippen molar-refractivity contribution in [1.82, 2.24) is 9.55 Å². The molecule has 2 heterocycles. The molecule has 1 aliphatic heterocycles. The highest BCUT2D eigenvalue weighted by Crippen LogP contribution is 2.23. The highest BCUT2D eigenvalue weighted by molar-refractivity contribution is 5.73. The lowest BCUT2D eigenvalue weighted by Crippen LogP contribution is -2.60. The van der Waals surface area contributed by atoms with Gasteiger partial charge in [-0.15, -0.1) is 0 Å². The van der Waals surface area contributed by atoms with Crippen molar-refractivity contribution in [1.29, 1.82) is 0 Å². The van der Waals surface area contributed by atoms with Crippen LogP contribution in [0.3, 0.4) is 0 Å². The minimum atomic E-state index is -1.84. The fraction of sp³-hybridized carbons (Fsp3) is 0.667. The molecule has 0 saturated carbocycles. The van der Waals surface area contributed by atoms with Crippen LogP contribution in [0.5, 0.6) is 0 Å². The van der Waals surface area contributed by atoms with Crippen LogP contribution < -0.4 is 0 Å². The van der Waals surface area contributed by atoms with E-state index in [1.165, 1.54) is 0 Å². The van der Waals surface area contributed by atoms with Gasteiger partial charge in [-0.25, -0.2) is 14.3 Å². The molecule has 1 aromatic rings. The maximum atomic E-state index is 11.0. The van der Waals surface area contributed by atoms with Gasteiger partial charge >= 0.3 is 11.8 Å². The molecule has 25 heavy (non-hydrogen) atoms. The van der Waals surface area contributed by atoms with Gasteiger partial charge in [-0.2, -0.15) is 0 Å². The van der Waals surface area contributed by atoms with E-state index in [1.807, 2.05) is 0 Å². The van der Waals surface area contributed by atoms with Crippen LogP contribution in [0.2, 0.25) is 0 Å². The Labute approximate surface area is 139 Å². The number of hydrogen-bond acceptors (Lipinski definition) is 10. The number of ether oxygens (including phenoxy) is 2. The Morgan fingerprint density at radius 2 is 2.04 bits per heavy atom. The first-order chi connectivity index (χ1) is 11.8. The summed E-state index contributed by atoms with van der Waals surface area (Å²) in [7, 11) is 0. The van der Waals surface area contributed by atoms with E-state index >= 15 is 0 Å². The molecule has 1 fully saturated rings. The van der Waals surface area contributed by atoms with Crippen molar-refractivity contribution in [2.75, 3.05) is 6.61 Å². The van der Waals surface area contributed by atoms with Crippen molar-refractivity contribution < 1.29 is 44.7 Å². The van der Waals surface area contributed by atoms with E-state index in [0.717, 1.165) is 10.8 Å². The second kappa shape index (κ2) is 7.81. The number of aliphatic carboxylic acids is 1. The molecule has 0 radical (unpaired) electrons. The standard InChI is InChI=1S/C12H17N3O10/c16-4-5-13-3-6(15(22)23)14(5)1-2-24-12-9(19)7(17)8(18)10(25-12)11(20)21/h3,7-10,12,16-19H,1-2,4H2,(H,20,21). The van der Waals surface area contributed by atoms with Crippen molar-refractivity contribution in [2.45, 2.75) is 43.9 Å². The highest BCUT2D eigenvalue weighted by Gasteiger charge is 2.47. The maximum absolute atomic E-state index is 11.0. The molecule has 5 unspecified atom stereocenters. The molecule has 0 amide bonds. The molecule has 0 aromatic carbocycles. The largest absolute Gasteiger partial charge is 0.479 e. The zero-order chi connectivity index (χ0) is 18.7. The van der Waals surface area contributed by atoms with Gasteiger partial charge in [-0.1, -0.05) is 0 Å². The van der Waals surface area contributed by atoms with E-state index in [1.54, 1.807) is 0 Å². The van der Waals surface area contributed by atoms with Crippen molar-refractivity contribution in [3.05, 3.63) is 22.1 Å². The lowest BCUT2D eigenvalue weighted by molar-refractivity contribution is -0.392. The molecule has 13 heteroatoms. The normalized spacial score (nSPS) is 29.5. The molecule has 140 valence electrons. The number of nitrogens with zero attached hydrogens (tertiary/aromatic N) is 3. The number of aliphatic hydroxyl groups is 4. The molecule has 0 bridgehead atoms. The van der Waals surface area contributed by atoms with Crippen LogP contribution in [-0.2, 0) is 27.4 Å². The Morgan fingerprint density at radius 1 is 1.36 bits per heavy atom. The fourth-order valence-electron chi connectivity index (χ4n) is 2.37. The van der Waals surface area contributed by atoms with E-state index in [0.29, 0.717) is 0 Å². The Kier molecular flexibility index (Phi) is 5.99. The molecule has 1 aromatic heterocycles. The summed E-state index contributed by atoms with van der Waals surface area (Å²) in [5, 5.41) is 57.9. The number of aliphatic hydroxyl groups excluding tert-OH is 4. The van der Waals surface area contributed by atoms with Crippen LogP contribution in [0.4, 0.5) is 5.82 Å². The van der Waals surface area contributed by atoms with E-state index in [9.17, 15) is 30.2 Å². The van der Waals surface area contributed by atoms with Crippen molar-refractivity contribution >= 4 is 11.8 Å². The van der Waals surface area contributed by atoms with Gasteiger partial charge < -0.3 is 45.1 Å². The van der Waals surface area contributed by atoms with Crippen molar-refractivity contribution in [3.8, 4) is 0 Å². The first kappa shape index (κ1) is 19.2. The maximum Gasteiger partial charge on any atom is 0.343 e. The van der Waals surface area contributed by atoms with Gasteiger partial charge in [0.1, 0.15) is 37.7 Å². The van der Waals surface area contributed by atoms with Crippen molar-refractivity contribution in [2.24, 2.45) is 0 Å². The first-order valence-electron chi connectivity index (χ1n) is 7.11. The zero-order valence-electron chi connectivity index (χ0n) is 12.7. The second-order valence-electron chi connectivity index (χ2n) is 5.21. The summed E-state index contributed by atoms with van der Waals surface area (Å²) in [6.45, 7) is -1.00. The van der Waals surface area contributed by atoms with E-state index in [4.69, 9.17) is 19.7 Å². The lowest BCUT2D eigenvalue weighted by atomic mass is 9.99. The first-order valence-corrected chi connectivity index (χ1v) is 7.11. The van der Waals surface area contributed by atoms with Crippen LogP contribution >= 0.6 is 0 Å². The summed E-state index contributed by atoms with van der Waals surface area (Å²) >= 11 is 0. The van der Waals surface area contributed by atoms with Crippen LogP contribution in [-0.4, -0.2) is 83.3 Å². The third-order valence-corrected chi connectivity index (χ3v) is 3.66. The topological polar surface area (TPSA) is 198 Å². The summed E-state index contributed by atoms with van der Waals surface area (Å²) in [5.41, 5.74) is 0. The quantitative estimate of drug-likeness (QED) is 0.247. The molecule has 0 spiro atoms. The Morgan fingerprint density at radius 3 is 2.60 bits per heavy atom. The van der Waals surface area contributed by atoms with Crippen molar-refractivity contribution in [3.63, 3.8) is 0 Å². The second-order valence-corrected chi connectivity index (χ2v) is 5.21. The van der Waals surface area contributed by atoms with Gasteiger partial charge in [0.2, 0.25) is 5.82 Å². The molecule has 1 saturated heterocycles. The number of nitro groups is 1. The zero-order valence-corrected chi connectivity index (χ0v) is 12.7. The van der Waals surface area contributed by atoms with Gasteiger partial charge in [-0.3, -0.25) is 0 Å². The number of carbonyl (C=O) groups is 1. The summed E-state index contributed by atoms with van der Waals surface area (Å²) < 4.78 is 11.1. The third-order valence-electron chi connectivity index (χ3n) is 3.66. The predicted molar refractivity (Wildman–Crippen MR) is 75.1 cm³/mol. The van der Waals surface area contributed by atoms with E-state index in [-0.39, 0.29) is 19.0 Å². The summed E-state index contributed by atoms with van der Waals surface area (Å²) in [4.78, 5) is 24.8. The summed E-state index contributed by atoms with van der Waals surface area (Å²) in [5.74, 6) is -1.93. The Hall–Kier alpha value is -2.16. The van der Waals surface area contributed by atoms with Gasteiger partial charge in [-0.05, 0) is 4.92 Å². The number of imidazole rings is 1. The van der Waals surface area contributed by atoms with Crippen LogP contribution in [0, 0.1) is 10.1 Å².